The molecule has 2 aromatic rings. The topological polar surface area (TPSA) is 41.5 Å². The van der Waals surface area contributed by atoms with E-state index in [1.165, 1.54) is 17.7 Å². The second-order valence-corrected chi connectivity index (χ2v) is 5.54. The predicted molar refractivity (Wildman–Crippen MR) is 84.0 cm³/mol. The number of rotatable bonds is 4. The Kier molecular flexibility index (Phi) is 4.00. The van der Waals surface area contributed by atoms with E-state index in [4.69, 9.17) is 0 Å². The van der Waals surface area contributed by atoms with Gasteiger partial charge in [-0.1, -0.05) is 42.5 Å². The summed E-state index contributed by atoms with van der Waals surface area (Å²) in [6.45, 7) is 1.79. The van der Waals surface area contributed by atoms with Crippen molar-refractivity contribution < 1.29 is 9.18 Å². The molecule has 1 N–H and O–H groups in total. The van der Waals surface area contributed by atoms with Gasteiger partial charge in [0.1, 0.15) is 5.82 Å². The van der Waals surface area contributed by atoms with E-state index in [2.05, 4.69) is 10.5 Å². The molecule has 22 heavy (non-hydrogen) atoms. The maximum Gasteiger partial charge on any atom is 0.243 e. The highest BCUT2D eigenvalue weighted by Crippen LogP contribution is 2.47. The highest BCUT2D eigenvalue weighted by Gasteiger charge is 2.43. The van der Waals surface area contributed by atoms with Gasteiger partial charge in [-0.2, -0.15) is 5.10 Å². The quantitative estimate of drug-likeness (QED) is 0.681. The number of nitrogens with zero attached hydrogens (tertiary/aromatic N) is 1. The summed E-state index contributed by atoms with van der Waals surface area (Å²) >= 11 is 0. The lowest BCUT2D eigenvalue weighted by Gasteiger charge is -2.03. The minimum absolute atomic E-state index is 0.00725. The van der Waals surface area contributed by atoms with Crippen molar-refractivity contribution in [3.8, 4) is 0 Å². The molecule has 3 nitrogen and oxygen atoms in total. The number of amides is 1. The van der Waals surface area contributed by atoms with Gasteiger partial charge in [0.15, 0.2) is 0 Å². The van der Waals surface area contributed by atoms with Crippen LogP contribution in [0.3, 0.4) is 0 Å². The SMILES string of the molecule is C/C(=N/NC(=O)[C@H]1C[C@@H]1c1ccccc1)c1ccc(F)cc1. The van der Waals surface area contributed by atoms with E-state index in [0.29, 0.717) is 11.6 Å². The van der Waals surface area contributed by atoms with Gasteiger partial charge in [0, 0.05) is 5.92 Å². The van der Waals surface area contributed by atoms with Gasteiger partial charge in [-0.15, -0.1) is 0 Å². The smallest absolute Gasteiger partial charge is 0.243 e. The number of carbonyl (C=O) groups is 1. The van der Waals surface area contributed by atoms with Crippen LogP contribution < -0.4 is 5.43 Å². The molecule has 0 bridgehead atoms. The van der Waals surface area contributed by atoms with Crippen LogP contribution in [0, 0.1) is 11.7 Å². The Morgan fingerprint density at radius 3 is 2.50 bits per heavy atom. The first kappa shape index (κ1) is 14.4. The van der Waals surface area contributed by atoms with Crippen LogP contribution in [0.25, 0.3) is 0 Å². The van der Waals surface area contributed by atoms with Crippen LogP contribution in [0.4, 0.5) is 4.39 Å². The molecule has 0 heterocycles. The highest BCUT2D eigenvalue weighted by atomic mass is 19.1. The molecule has 0 saturated heterocycles. The number of halogens is 1. The number of benzene rings is 2. The Balaban J connectivity index is 1.59. The van der Waals surface area contributed by atoms with Crippen molar-refractivity contribution >= 4 is 11.6 Å². The molecule has 1 amide bonds. The Labute approximate surface area is 128 Å². The Hall–Kier alpha value is -2.49. The van der Waals surface area contributed by atoms with E-state index in [9.17, 15) is 9.18 Å². The molecule has 3 rings (SSSR count). The molecule has 1 saturated carbocycles. The third kappa shape index (κ3) is 3.22. The fraction of sp³-hybridized carbons (Fsp3) is 0.222. The van der Waals surface area contributed by atoms with Crippen LogP contribution in [0.1, 0.15) is 30.4 Å². The minimum atomic E-state index is -0.288. The minimum Gasteiger partial charge on any atom is -0.273 e. The molecule has 4 heteroatoms. The average Bonchev–Trinajstić information content (AvgIpc) is 3.34. The maximum absolute atomic E-state index is 12.9. The summed E-state index contributed by atoms with van der Waals surface area (Å²) in [4.78, 5) is 12.1. The third-order valence-electron chi connectivity index (χ3n) is 3.95. The molecular formula is C18H17FN2O. The van der Waals surface area contributed by atoms with Crippen LogP contribution in [0.15, 0.2) is 59.7 Å². The summed E-state index contributed by atoms with van der Waals surface area (Å²) in [7, 11) is 0. The zero-order chi connectivity index (χ0) is 15.5. The van der Waals surface area contributed by atoms with Gasteiger partial charge in [0.05, 0.1) is 5.71 Å². The number of hydrogen-bond donors (Lipinski definition) is 1. The normalized spacial score (nSPS) is 20.5. The zero-order valence-electron chi connectivity index (χ0n) is 12.3. The van der Waals surface area contributed by atoms with E-state index in [1.54, 1.807) is 19.1 Å². The summed E-state index contributed by atoms with van der Waals surface area (Å²) in [5.41, 5.74) is 5.26. The average molecular weight is 296 g/mol. The second-order valence-electron chi connectivity index (χ2n) is 5.54. The first-order valence-electron chi connectivity index (χ1n) is 7.30. The van der Waals surface area contributed by atoms with E-state index in [1.807, 2.05) is 30.3 Å². The zero-order valence-corrected chi connectivity index (χ0v) is 12.3. The van der Waals surface area contributed by atoms with Gasteiger partial charge < -0.3 is 0 Å². The number of carbonyl (C=O) groups excluding carboxylic acids is 1. The predicted octanol–water partition coefficient (Wildman–Crippen LogP) is 3.47. The Bertz CT molecular complexity index is 695. The van der Waals surface area contributed by atoms with Crippen LogP contribution in [0.2, 0.25) is 0 Å². The molecular weight excluding hydrogens is 279 g/mol. The Morgan fingerprint density at radius 2 is 1.82 bits per heavy atom. The molecule has 2 aromatic carbocycles. The van der Waals surface area contributed by atoms with Crippen molar-refractivity contribution in [2.24, 2.45) is 11.0 Å². The maximum atomic E-state index is 12.9. The first-order valence-corrected chi connectivity index (χ1v) is 7.30. The summed E-state index contributed by atoms with van der Waals surface area (Å²) in [6, 6.07) is 16.1. The fourth-order valence-corrected chi connectivity index (χ4v) is 2.53. The molecule has 1 aliphatic carbocycles. The number of hydrogen-bond acceptors (Lipinski definition) is 2. The van der Waals surface area contributed by atoms with Crippen LogP contribution in [0.5, 0.6) is 0 Å². The lowest BCUT2D eigenvalue weighted by molar-refractivity contribution is -0.122. The lowest BCUT2D eigenvalue weighted by Crippen LogP contribution is -2.21. The van der Waals surface area contributed by atoms with E-state index in [0.717, 1.165) is 12.0 Å². The van der Waals surface area contributed by atoms with E-state index in [-0.39, 0.29) is 17.6 Å². The van der Waals surface area contributed by atoms with Crippen molar-refractivity contribution in [2.75, 3.05) is 0 Å². The summed E-state index contributed by atoms with van der Waals surface area (Å²) in [5.74, 6) is -0.0609. The molecule has 0 unspecified atom stereocenters. The van der Waals surface area contributed by atoms with Crippen molar-refractivity contribution in [3.63, 3.8) is 0 Å². The van der Waals surface area contributed by atoms with Gasteiger partial charge >= 0.3 is 0 Å². The van der Waals surface area contributed by atoms with Gasteiger partial charge in [-0.25, -0.2) is 9.82 Å². The van der Waals surface area contributed by atoms with E-state index < -0.39 is 0 Å². The summed E-state index contributed by atoms with van der Waals surface area (Å²) < 4.78 is 12.9. The van der Waals surface area contributed by atoms with Crippen molar-refractivity contribution in [3.05, 3.63) is 71.5 Å². The molecule has 0 spiro atoms. The molecule has 2 atom stereocenters. The van der Waals surface area contributed by atoms with Crippen molar-refractivity contribution in [1.82, 2.24) is 5.43 Å². The fourth-order valence-electron chi connectivity index (χ4n) is 2.53. The standard InChI is InChI=1S/C18H17FN2O/c1-12(13-7-9-15(19)10-8-13)20-21-18(22)17-11-16(17)14-5-3-2-4-6-14/h2-10,16-17H,11H2,1H3,(H,21,22)/b20-12-/t16-,17+/m1/s1. The van der Waals surface area contributed by atoms with Crippen molar-refractivity contribution in [2.45, 2.75) is 19.3 Å². The molecule has 1 fully saturated rings. The summed E-state index contributed by atoms with van der Waals surface area (Å²) in [6.07, 6.45) is 0.862. The molecule has 0 radical (unpaired) electrons. The number of hydrazone groups is 1. The summed E-state index contributed by atoms with van der Waals surface area (Å²) in [5, 5.41) is 4.11. The van der Waals surface area contributed by atoms with Crippen LogP contribution >= 0.6 is 0 Å². The van der Waals surface area contributed by atoms with Crippen molar-refractivity contribution in [1.29, 1.82) is 0 Å². The van der Waals surface area contributed by atoms with Gasteiger partial charge in [-0.3, -0.25) is 4.79 Å². The second kappa shape index (κ2) is 6.10. The third-order valence-corrected chi connectivity index (χ3v) is 3.95. The van der Waals surface area contributed by atoms with Crippen LogP contribution in [-0.4, -0.2) is 11.6 Å². The molecule has 1 aliphatic rings. The molecule has 0 aliphatic heterocycles. The molecule has 112 valence electrons. The van der Waals surface area contributed by atoms with Gasteiger partial charge in [0.25, 0.3) is 0 Å². The number of nitrogens with one attached hydrogen (secondary N) is 1. The van der Waals surface area contributed by atoms with Gasteiger partial charge in [0.2, 0.25) is 5.91 Å². The first-order chi connectivity index (χ1) is 10.6. The van der Waals surface area contributed by atoms with Gasteiger partial charge in [-0.05, 0) is 42.5 Å². The Morgan fingerprint density at radius 1 is 1.14 bits per heavy atom. The van der Waals surface area contributed by atoms with Crippen LogP contribution in [-0.2, 0) is 4.79 Å². The monoisotopic (exact) mass is 296 g/mol. The largest absolute Gasteiger partial charge is 0.273 e. The van der Waals surface area contributed by atoms with E-state index >= 15 is 0 Å². The lowest BCUT2D eigenvalue weighted by atomic mass is 10.1. The molecule has 0 aromatic heterocycles. The highest BCUT2D eigenvalue weighted by molar-refractivity contribution is 5.99.